The molecule has 12 nitrogen and oxygen atoms in total. The summed E-state index contributed by atoms with van der Waals surface area (Å²) in [7, 11) is -2.78. The van der Waals surface area contributed by atoms with E-state index in [2.05, 4.69) is 33.9 Å². The summed E-state index contributed by atoms with van der Waals surface area (Å²) in [6.45, 7) is 5.77. The lowest BCUT2D eigenvalue weighted by molar-refractivity contribution is -0.147. The van der Waals surface area contributed by atoms with Crippen molar-refractivity contribution in [2.75, 3.05) is 18.9 Å². The van der Waals surface area contributed by atoms with E-state index >= 15 is 0 Å². The number of esters is 1. The second-order valence-electron chi connectivity index (χ2n) is 15.3. The summed E-state index contributed by atoms with van der Waals surface area (Å²) in [5.41, 5.74) is 4.81. The monoisotopic (exact) mass is 809 g/mol. The van der Waals surface area contributed by atoms with Crippen LogP contribution in [0, 0.1) is 23.6 Å². The molecule has 56 heavy (non-hydrogen) atoms. The summed E-state index contributed by atoms with van der Waals surface area (Å²) in [5, 5.41) is 13.6. The van der Waals surface area contributed by atoms with Crippen LogP contribution in [0.5, 0.6) is 0 Å². The van der Waals surface area contributed by atoms with Crippen LogP contribution in [-0.2, 0) is 29.8 Å². The largest absolute Gasteiger partial charge is 0.613 e. The lowest BCUT2D eigenvalue weighted by Crippen LogP contribution is -2.41. The number of benzene rings is 1. The molecule has 0 spiro atoms. The molecule has 4 rings (SSSR count). The smallest absolute Gasteiger partial charge is 0.464 e. The van der Waals surface area contributed by atoms with Crippen LogP contribution in [0.25, 0.3) is 11.2 Å². The molecule has 0 aliphatic carbocycles. The minimum atomic E-state index is -2.78. The number of rotatable bonds is 27. The molecule has 1 aliphatic rings. The number of nitrogens with two attached hydrogens (primary N) is 1. The van der Waals surface area contributed by atoms with Crippen molar-refractivity contribution < 1.29 is 41.6 Å². The first-order valence-electron chi connectivity index (χ1n) is 20.4. The van der Waals surface area contributed by atoms with Crippen LogP contribution in [-0.4, -0.2) is 61.6 Å². The molecule has 1 aromatic carbocycles. The summed E-state index contributed by atoms with van der Waals surface area (Å²) >= 11 is 0. The first-order chi connectivity index (χ1) is 26.9. The van der Waals surface area contributed by atoms with Crippen molar-refractivity contribution in [2.45, 2.75) is 160 Å². The lowest BCUT2D eigenvalue weighted by Gasteiger charge is -2.25. The number of aliphatic hydroxyl groups is 1. The zero-order valence-electron chi connectivity index (χ0n) is 33.2. The molecule has 1 fully saturated rings. The number of anilines is 1. The third-order valence-corrected chi connectivity index (χ3v) is 11.4. The van der Waals surface area contributed by atoms with Crippen LogP contribution in [0.3, 0.4) is 0 Å². The zero-order valence-corrected chi connectivity index (χ0v) is 34.1. The number of unbranched alkanes of at least 4 members (excludes halogenated alkanes) is 12. The van der Waals surface area contributed by atoms with Crippen molar-refractivity contribution in [2.24, 2.45) is 5.92 Å². The molecule has 3 heterocycles. The van der Waals surface area contributed by atoms with Gasteiger partial charge in [0.15, 0.2) is 23.0 Å². The van der Waals surface area contributed by atoms with Crippen LogP contribution in [0.4, 0.5) is 19.0 Å². The van der Waals surface area contributed by atoms with Gasteiger partial charge >= 0.3 is 20.2 Å². The third-order valence-electron chi connectivity index (χ3n) is 10.5. The van der Waals surface area contributed by atoms with E-state index in [1.54, 1.807) is 6.92 Å². The SMILES string of the molecule is CCCCCCCCCC(CCCCCCCCC)COC(=O)[C@H](Cc1cc(F)cc(F)c1)N[P+](=O)OC[C@@]1(C)O[C@@H](n2cnc3c(N)nc(F)nc32)C[C@@H]1O. The van der Waals surface area contributed by atoms with E-state index in [-0.39, 0.29) is 54.5 Å². The van der Waals surface area contributed by atoms with E-state index in [1.165, 1.54) is 75.1 Å². The highest BCUT2D eigenvalue weighted by atomic mass is 31.1. The number of fused-ring (bicyclic) bond motifs is 1. The number of aromatic nitrogens is 4. The number of nitrogen functional groups attached to an aromatic ring is 1. The van der Waals surface area contributed by atoms with Gasteiger partial charge in [0.2, 0.25) is 0 Å². The van der Waals surface area contributed by atoms with Gasteiger partial charge in [-0.25, -0.2) is 13.8 Å². The summed E-state index contributed by atoms with van der Waals surface area (Å²) in [4.78, 5) is 25.0. The second-order valence-corrected chi connectivity index (χ2v) is 16.4. The van der Waals surface area contributed by atoms with Gasteiger partial charge in [0.1, 0.15) is 30.1 Å². The summed E-state index contributed by atoms with van der Waals surface area (Å²) in [6.07, 6.45) is 16.5. The number of halogens is 3. The predicted octanol–water partition coefficient (Wildman–Crippen LogP) is 9.18. The van der Waals surface area contributed by atoms with Crippen LogP contribution >= 0.6 is 8.18 Å². The number of nitrogens with one attached hydrogen (secondary N) is 1. The average molecular weight is 810 g/mol. The van der Waals surface area contributed by atoms with E-state index in [1.807, 2.05) is 0 Å². The van der Waals surface area contributed by atoms with Gasteiger partial charge in [-0.2, -0.15) is 14.4 Å². The number of aliphatic hydroxyl groups excluding tert-OH is 1. The summed E-state index contributed by atoms with van der Waals surface area (Å²) in [6, 6.07) is 1.69. The fourth-order valence-electron chi connectivity index (χ4n) is 7.19. The molecule has 0 amide bonds. The molecule has 5 atom stereocenters. The number of imidazole rings is 1. The first kappa shape index (κ1) is 45.5. The van der Waals surface area contributed by atoms with Crippen molar-refractivity contribution in [3.8, 4) is 0 Å². The molecular weight excluding hydrogens is 748 g/mol. The van der Waals surface area contributed by atoms with E-state index in [4.69, 9.17) is 19.7 Å². The normalized spacial score (nSPS) is 19.2. The van der Waals surface area contributed by atoms with E-state index in [0.29, 0.717) is 0 Å². The maximum absolute atomic E-state index is 14.2. The lowest BCUT2D eigenvalue weighted by atomic mass is 9.94. The molecule has 1 saturated heterocycles. The molecule has 2 aromatic heterocycles. The predicted molar refractivity (Wildman–Crippen MR) is 209 cm³/mol. The first-order valence-corrected chi connectivity index (χ1v) is 21.6. The van der Waals surface area contributed by atoms with Crippen LogP contribution < -0.4 is 10.8 Å². The van der Waals surface area contributed by atoms with Crippen molar-refractivity contribution in [3.63, 3.8) is 0 Å². The maximum Gasteiger partial charge on any atom is 0.613 e. The van der Waals surface area contributed by atoms with Crippen molar-refractivity contribution in [3.05, 3.63) is 47.8 Å². The zero-order chi connectivity index (χ0) is 40.5. The number of carbonyl (C=O) groups is 1. The minimum absolute atomic E-state index is 0.0417. The molecule has 0 bridgehead atoms. The quantitative estimate of drug-likeness (QED) is 0.0291. The topological polar surface area (TPSA) is 164 Å². The Morgan fingerprint density at radius 1 is 0.982 bits per heavy atom. The van der Waals surface area contributed by atoms with Crippen LogP contribution in [0.2, 0.25) is 0 Å². The van der Waals surface area contributed by atoms with Crippen molar-refractivity contribution >= 4 is 31.1 Å². The van der Waals surface area contributed by atoms with Crippen molar-refractivity contribution in [1.29, 1.82) is 0 Å². The standard InChI is InChI=1S/C40H61F3N6O6P/c1-4-6-8-10-12-14-16-18-28(19-17-15-13-11-9-7-5-2)25-53-38(51)32(22-29-20-30(41)23-31(42)21-29)48-56(52)54-26-40(3)33(50)24-34(55-40)49-27-45-35-36(44)46-39(43)47-37(35)49/h20-21,23,27-28,32-34,50H,4-19,22,24-26H2,1-3H3,(H,48,52)(H2,44,46,47)/q+1/t32-,33-,34+,40+/m0/s1. The molecule has 1 aliphatic heterocycles. The summed E-state index contributed by atoms with van der Waals surface area (Å²) in [5.74, 6) is -2.33. The van der Waals surface area contributed by atoms with Gasteiger partial charge in [0, 0.05) is 18.9 Å². The fourth-order valence-corrected chi connectivity index (χ4v) is 8.09. The van der Waals surface area contributed by atoms with Gasteiger partial charge in [-0.1, -0.05) is 109 Å². The van der Waals surface area contributed by atoms with Gasteiger partial charge in [0.25, 0.3) is 0 Å². The molecule has 16 heteroatoms. The van der Waals surface area contributed by atoms with E-state index in [9.17, 15) is 27.6 Å². The third kappa shape index (κ3) is 14.3. The molecule has 1 unspecified atom stereocenters. The Balaban J connectivity index is 1.37. The number of nitrogens with zero attached hydrogens (tertiary/aromatic N) is 4. The second kappa shape index (κ2) is 23.2. The van der Waals surface area contributed by atoms with Gasteiger partial charge in [-0.15, -0.1) is 4.52 Å². The highest BCUT2D eigenvalue weighted by molar-refractivity contribution is 7.36. The number of ether oxygens (including phenoxy) is 2. The summed E-state index contributed by atoms with van der Waals surface area (Å²) < 4.78 is 74.6. The Hall–Kier alpha value is -3.23. The van der Waals surface area contributed by atoms with Gasteiger partial charge in [0.05, 0.1) is 19.0 Å². The van der Waals surface area contributed by atoms with Crippen molar-refractivity contribution in [1.82, 2.24) is 24.6 Å². The van der Waals surface area contributed by atoms with Gasteiger partial charge < -0.3 is 20.3 Å². The molecule has 3 aromatic rings. The average Bonchev–Trinajstić information content (AvgIpc) is 3.71. The Morgan fingerprint density at radius 3 is 2.18 bits per heavy atom. The van der Waals surface area contributed by atoms with E-state index < -0.39 is 55.8 Å². The highest BCUT2D eigenvalue weighted by Gasteiger charge is 2.48. The molecule has 0 radical (unpaired) electrons. The van der Waals surface area contributed by atoms with Gasteiger partial charge in [-0.05, 0) is 47.9 Å². The van der Waals surface area contributed by atoms with Crippen LogP contribution in [0.15, 0.2) is 24.5 Å². The Morgan fingerprint density at radius 2 is 1.57 bits per heavy atom. The van der Waals surface area contributed by atoms with Crippen LogP contribution in [0.1, 0.15) is 142 Å². The number of carbonyl (C=O) groups excluding carboxylic acids is 1. The Kier molecular flexibility index (Phi) is 18.9. The molecule has 4 N–H and O–H groups in total. The number of hydrogen-bond acceptors (Lipinski definition) is 10. The molecule has 0 saturated carbocycles. The fraction of sp³-hybridized carbons (Fsp3) is 0.700. The Bertz CT molecular complexity index is 1650. The molecular formula is C40H61F3N6O6P+. The Labute approximate surface area is 329 Å². The van der Waals surface area contributed by atoms with Gasteiger partial charge in [-0.3, -0.25) is 9.36 Å². The molecule has 312 valence electrons. The number of hydrogen-bond donors (Lipinski definition) is 3. The minimum Gasteiger partial charge on any atom is -0.464 e. The highest BCUT2D eigenvalue weighted by Crippen LogP contribution is 2.40. The maximum atomic E-state index is 14.2. The van der Waals surface area contributed by atoms with E-state index in [0.717, 1.165) is 56.7 Å².